The van der Waals surface area contributed by atoms with Crippen LogP contribution in [0.3, 0.4) is 0 Å². The van der Waals surface area contributed by atoms with Crippen LogP contribution >= 0.6 is 0 Å². The lowest BCUT2D eigenvalue weighted by Gasteiger charge is -2.34. The van der Waals surface area contributed by atoms with Crippen LogP contribution in [-0.2, 0) is 15.8 Å². The predicted molar refractivity (Wildman–Crippen MR) is 96.0 cm³/mol. The number of fused-ring (bicyclic) bond motifs is 1. The maximum atomic E-state index is 13.2. The van der Waals surface area contributed by atoms with Gasteiger partial charge in [0.15, 0.2) is 11.5 Å². The van der Waals surface area contributed by atoms with Gasteiger partial charge in [0.2, 0.25) is 11.8 Å². The number of carbonyl (C=O) groups excluding carboxylic acids is 2. The summed E-state index contributed by atoms with van der Waals surface area (Å²) in [5, 5.41) is 14.2. The molecule has 2 amide bonds. The molecule has 2 aliphatic rings. The maximum Gasteiger partial charge on any atom is 0.453 e. The summed E-state index contributed by atoms with van der Waals surface area (Å²) in [5.74, 6) is -1.03. The second-order valence-corrected chi connectivity index (χ2v) is 7.66. The first-order valence-electron chi connectivity index (χ1n) is 9.58. The summed E-state index contributed by atoms with van der Waals surface area (Å²) < 4.78 is 40.3. The Morgan fingerprint density at radius 3 is 2.17 bits per heavy atom. The van der Waals surface area contributed by atoms with Crippen molar-refractivity contribution in [2.75, 3.05) is 5.32 Å². The molecule has 29 heavy (non-hydrogen) atoms. The zero-order chi connectivity index (χ0) is 20.9. The van der Waals surface area contributed by atoms with E-state index in [1.165, 1.54) is 4.90 Å². The molecular weight excluding hydrogens is 389 g/mol. The van der Waals surface area contributed by atoms with Crippen molar-refractivity contribution in [2.24, 2.45) is 0 Å². The maximum absolute atomic E-state index is 13.2. The van der Waals surface area contributed by atoms with Crippen LogP contribution in [0.4, 0.5) is 19.0 Å². The SMILES string of the molecule is Cc1c(NC2CCC(N3C(=O)CCC3=O)CC2)nn2c(C(F)(F)F)nnc2c1C. The van der Waals surface area contributed by atoms with E-state index in [0.717, 1.165) is 4.52 Å². The summed E-state index contributed by atoms with van der Waals surface area (Å²) in [7, 11) is 0. The van der Waals surface area contributed by atoms with Crippen molar-refractivity contribution in [3.8, 4) is 0 Å². The van der Waals surface area contributed by atoms with E-state index in [2.05, 4.69) is 20.6 Å². The standard InChI is InChI=1S/C18H21F3N6O2/c1-9-10(2)16-23-24-17(18(19,20)21)27(16)25-15(9)22-11-3-5-12(6-4-11)26-13(28)7-8-14(26)29/h11-12H,3-8H2,1-2H3,(H,22,25). The number of imide groups is 1. The molecule has 156 valence electrons. The van der Waals surface area contributed by atoms with Gasteiger partial charge in [-0.3, -0.25) is 14.5 Å². The van der Waals surface area contributed by atoms with Gasteiger partial charge in [0.1, 0.15) is 0 Å². The van der Waals surface area contributed by atoms with E-state index in [-0.39, 0.29) is 42.4 Å². The number of hydrogen-bond donors (Lipinski definition) is 1. The lowest BCUT2D eigenvalue weighted by molar-refractivity contribution is -0.146. The van der Waals surface area contributed by atoms with E-state index in [9.17, 15) is 22.8 Å². The highest BCUT2D eigenvalue weighted by atomic mass is 19.4. The van der Waals surface area contributed by atoms with Gasteiger partial charge in [0.25, 0.3) is 5.82 Å². The molecule has 2 aromatic heterocycles. The first kappa shape index (κ1) is 19.6. The molecule has 0 spiro atoms. The number of nitrogens with one attached hydrogen (secondary N) is 1. The quantitative estimate of drug-likeness (QED) is 0.782. The molecule has 0 radical (unpaired) electrons. The van der Waals surface area contributed by atoms with Gasteiger partial charge in [-0.1, -0.05) is 0 Å². The highest BCUT2D eigenvalue weighted by Crippen LogP contribution is 2.32. The fraction of sp³-hybridized carbons (Fsp3) is 0.611. The van der Waals surface area contributed by atoms with E-state index in [4.69, 9.17) is 0 Å². The average molecular weight is 410 g/mol. The van der Waals surface area contributed by atoms with Crippen molar-refractivity contribution in [2.45, 2.75) is 70.6 Å². The molecule has 3 heterocycles. The molecule has 0 bridgehead atoms. The smallest absolute Gasteiger partial charge is 0.366 e. The molecule has 1 aliphatic carbocycles. The van der Waals surface area contributed by atoms with Crippen LogP contribution in [0.5, 0.6) is 0 Å². The second kappa shape index (κ2) is 6.96. The third kappa shape index (κ3) is 3.42. The van der Waals surface area contributed by atoms with Crippen LogP contribution in [-0.4, -0.2) is 48.6 Å². The van der Waals surface area contributed by atoms with Crippen molar-refractivity contribution in [1.29, 1.82) is 0 Å². The zero-order valence-corrected chi connectivity index (χ0v) is 16.1. The lowest BCUT2D eigenvalue weighted by atomic mass is 9.90. The van der Waals surface area contributed by atoms with Gasteiger partial charge in [-0.05, 0) is 45.1 Å². The summed E-state index contributed by atoms with van der Waals surface area (Å²) in [4.78, 5) is 25.2. The van der Waals surface area contributed by atoms with Gasteiger partial charge in [0, 0.05) is 30.5 Å². The average Bonchev–Trinajstić information content (AvgIpc) is 3.23. The molecule has 1 N–H and O–H groups in total. The Morgan fingerprint density at radius 1 is 0.966 bits per heavy atom. The van der Waals surface area contributed by atoms with E-state index < -0.39 is 12.0 Å². The van der Waals surface area contributed by atoms with Gasteiger partial charge in [-0.15, -0.1) is 15.3 Å². The van der Waals surface area contributed by atoms with Gasteiger partial charge in [0.05, 0.1) is 0 Å². The third-order valence-electron chi connectivity index (χ3n) is 5.84. The van der Waals surface area contributed by atoms with E-state index in [1.807, 2.05) is 0 Å². The first-order valence-corrected chi connectivity index (χ1v) is 9.58. The van der Waals surface area contributed by atoms with Gasteiger partial charge < -0.3 is 5.32 Å². The van der Waals surface area contributed by atoms with Crippen LogP contribution in [0, 0.1) is 13.8 Å². The summed E-state index contributed by atoms with van der Waals surface area (Å²) in [6, 6.07) is -0.101. The Balaban J connectivity index is 1.52. The third-order valence-corrected chi connectivity index (χ3v) is 5.84. The summed E-state index contributed by atoms with van der Waals surface area (Å²) >= 11 is 0. The molecule has 11 heteroatoms. The van der Waals surface area contributed by atoms with Crippen LogP contribution in [0.15, 0.2) is 0 Å². The fourth-order valence-electron chi connectivity index (χ4n) is 4.12. The Kier molecular flexibility index (Phi) is 4.70. The highest BCUT2D eigenvalue weighted by Gasteiger charge is 2.39. The molecule has 1 saturated heterocycles. The van der Waals surface area contributed by atoms with E-state index in [1.54, 1.807) is 13.8 Å². The van der Waals surface area contributed by atoms with Crippen LogP contribution in [0.1, 0.15) is 55.5 Å². The Labute approximate surface area is 164 Å². The summed E-state index contributed by atoms with van der Waals surface area (Å²) in [6.07, 6.45) is -1.40. The molecule has 1 aliphatic heterocycles. The molecule has 2 fully saturated rings. The zero-order valence-electron chi connectivity index (χ0n) is 16.1. The molecule has 2 aromatic rings. The number of aromatic nitrogens is 4. The Bertz CT molecular complexity index is 962. The highest BCUT2D eigenvalue weighted by molar-refractivity contribution is 6.02. The molecule has 0 aromatic carbocycles. The Morgan fingerprint density at radius 2 is 1.59 bits per heavy atom. The fourth-order valence-corrected chi connectivity index (χ4v) is 4.12. The molecule has 0 unspecified atom stereocenters. The molecule has 4 rings (SSSR count). The molecular formula is C18H21F3N6O2. The summed E-state index contributed by atoms with van der Waals surface area (Å²) in [6.45, 7) is 3.47. The number of anilines is 1. The molecule has 0 atom stereocenters. The topological polar surface area (TPSA) is 92.5 Å². The van der Waals surface area contributed by atoms with Crippen LogP contribution < -0.4 is 5.32 Å². The van der Waals surface area contributed by atoms with Crippen molar-refractivity contribution in [3.05, 3.63) is 17.0 Å². The molecule has 8 nitrogen and oxygen atoms in total. The number of rotatable bonds is 3. The number of amides is 2. The van der Waals surface area contributed by atoms with Crippen molar-refractivity contribution >= 4 is 23.3 Å². The minimum absolute atomic E-state index is 0.00655. The van der Waals surface area contributed by atoms with E-state index >= 15 is 0 Å². The number of nitrogens with zero attached hydrogens (tertiary/aromatic N) is 5. The monoisotopic (exact) mass is 410 g/mol. The normalized spacial score (nSPS) is 23.3. The second-order valence-electron chi connectivity index (χ2n) is 7.66. The number of hydrogen-bond acceptors (Lipinski definition) is 6. The first-order chi connectivity index (χ1) is 13.7. The minimum Gasteiger partial charge on any atom is -0.366 e. The van der Waals surface area contributed by atoms with Crippen molar-refractivity contribution in [3.63, 3.8) is 0 Å². The number of aryl methyl sites for hydroxylation is 1. The lowest BCUT2D eigenvalue weighted by Crippen LogP contribution is -2.43. The van der Waals surface area contributed by atoms with Crippen LogP contribution in [0.25, 0.3) is 5.65 Å². The van der Waals surface area contributed by atoms with Gasteiger partial charge >= 0.3 is 6.18 Å². The van der Waals surface area contributed by atoms with Gasteiger partial charge in [-0.2, -0.15) is 17.7 Å². The van der Waals surface area contributed by atoms with E-state index in [0.29, 0.717) is 42.6 Å². The number of likely N-dealkylation sites (tertiary alicyclic amines) is 1. The largest absolute Gasteiger partial charge is 0.453 e. The van der Waals surface area contributed by atoms with Gasteiger partial charge in [-0.25, -0.2) is 0 Å². The predicted octanol–water partition coefficient (Wildman–Crippen LogP) is 2.63. The van der Waals surface area contributed by atoms with Crippen molar-refractivity contribution in [1.82, 2.24) is 24.7 Å². The summed E-state index contributed by atoms with van der Waals surface area (Å²) in [5.41, 5.74) is 1.37. The van der Waals surface area contributed by atoms with Crippen molar-refractivity contribution < 1.29 is 22.8 Å². The van der Waals surface area contributed by atoms with Crippen LogP contribution in [0.2, 0.25) is 0 Å². The minimum atomic E-state index is -4.65. The Hall–Kier alpha value is -2.72. The number of carbonyl (C=O) groups is 2. The number of halogens is 3. The number of alkyl halides is 3. The molecule has 1 saturated carbocycles.